The smallest absolute Gasteiger partial charge is 0.183 e. The van der Waals surface area contributed by atoms with Crippen LogP contribution < -0.4 is 4.74 Å². The van der Waals surface area contributed by atoms with Crippen LogP contribution in [0.2, 0.25) is 0 Å². The largest absolute Gasteiger partial charge is 0.504 e. The highest BCUT2D eigenvalue weighted by molar-refractivity contribution is 5.79. The molecule has 1 rings (SSSR count). The molecule has 0 spiro atoms. The molecule has 0 saturated carbocycles. The number of unbranched alkanes of at least 4 members (excludes halogenated alkanes) is 2. The van der Waals surface area contributed by atoms with Gasteiger partial charge in [-0.2, -0.15) is 0 Å². The number of phenols is 1. The number of ketones is 1. The fourth-order valence-electron chi connectivity index (χ4n) is 3.33. The summed E-state index contributed by atoms with van der Waals surface area (Å²) in [5.41, 5.74) is 0.827. The summed E-state index contributed by atoms with van der Waals surface area (Å²) in [6.45, 7) is 5.65. The summed E-state index contributed by atoms with van der Waals surface area (Å²) in [7, 11) is 1.45. The maximum absolute atomic E-state index is 12.5. The Labute approximate surface area is 203 Å². The van der Waals surface area contributed by atoms with Gasteiger partial charge in [0.2, 0.25) is 0 Å². The molecule has 0 fully saturated rings. The number of carbonyl (C=O) groups excluding carboxylic acids is 1. The summed E-state index contributed by atoms with van der Waals surface area (Å²) in [5.74, 6) is 0.252. The number of hydrogen-bond donors (Lipinski definition) is 6. The van der Waals surface area contributed by atoms with Crippen LogP contribution in [-0.4, -0.2) is 80.8 Å². The lowest BCUT2D eigenvalue weighted by atomic mass is 10.0. The van der Waals surface area contributed by atoms with E-state index < -0.39 is 30.7 Å². The molecule has 5 atom stereocenters. The van der Waals surface area contributed by atoms with E-state index >= 15 is 0 Å². The maximum Gasteiger partial charge on any atom is 0.183 e. The molecule has 9 nitrogen and oxygen atoms in total. The van der Waals surface area contributed by atoms with E-state index in [0.717, 1.165) is 24.8 Å². The molecule has 34 heavy (non-hydrogen) atoms. The Morgan fingerprint density at radius 2 is 1.71 bits per heavy atom. The predicted molar refractivity (Wildman–Crippen MR) is 129 cm³/mol. The first-order chi connectivity index (χ1) is 16.2. The van der Waals surface area contributed by atoms with Crippen LogP contribution in [0.3, 0.4) is 0 Å². The zero-order valence-electron chi connectivity index (χ0n) is 20.9. The average Bonchev–Trinajstić information content (AvgIpc) is 2.83. The Hall–Kier alpha value is -1.75. The Kier molecular flexibility index (Phi) is 17.6. The van der Waals surface area contributed by atoms with E-state index in [2.05, 4.69) is 0 Å². The van der Waals surface area contributed by atoms with Gasteiger partial charge in [-0.05, 0) is 37.0 Å². The number of aromatic hydroxyl groups is 1. The number of rotatable bonds is 17. The average molecular weight is 489 g/mol. The van der Waals surface area contributed by atoms with Gasteiger partial charge in [-0.15, -0.1) is 0 Å². The molecule has 0 aliphatic heterocycles. The molecule has 0 aliphatic carbocycles. The molecule has 0 amide bonds. The van der Waals surface area contributed by atoms with E-state index in [1.807, 2.05) is 20.8 Å². The van der Waals surface area contributed by atoms with Gasteiger partial charge in [0.1, 0.15) is 18.0 Å². The number of Topliss-reactive ketones (excluding diaryl/α,β-unsaturated/α-hetero) is 1. The van der Waals surface area contributed by atoms with Gasteiger partial charge < -0.3 is 40.1 Å². The van der Waals surface area contributed by atoms with E-state index in [4.69, 9.17) is 14.6 Å². The number of aryl methyl sites for hydroxylation is 1. The Morgan fingerprint density at radius 1 is 1.03 bits per heavy atom. The quantitative estimate of drug-likeness (QED) is 0.143. The second kappa shape index (κ2) is 18.6. The highest BCUT2D eigenvalue weighted by Crippen LogP contribution is 2.27. The zero-order valence-corrected chi connectivity index (χ0v) is 20.9. The Balaban J connectivity index is 0.00000529. The zero-order chi connectivity index (χ0) is 26.1. The van der Waals surface area contributed by atoms with Crippen molar-refractivity contribution in [1.29, 1.82) is 0 Å². The van der Waals surface area contributed by atoms with Crippen LogP contribution >= 0.6 is 0 Å². The van der Waals surface area contributed by atoms with Crippen LogP contribution in [0.4, 0.5) is 0 Å². The maximum atomic E-state index is 12.5. The topological polar surface area (TPSA) is 157 Å². The van der Waals surface area contributed by atoms with Gasteiger partial charge in [-0.25, -0.2) is 0 Å². The van der Waals surface area contributed by atoms with Gasteiger partial charge in [-0.3, -0.25) is 4.79 Å². The van der Waals surface area contributed by atoms with Crippen LogP contribution in [0.1, 0.15) is 71.3 Å². The molecule has 6 N–H and O–H groups in total. The van der Waals surface area contributed by atoms with Crippen molar-refractivity contribution in [2.45, 2.75) is 103 Å². The van der Waals surface area contributed by atoms with Crippen molar-refractivity contribution in [3.8, 4) is 11.5 Å². The summed E-state index contributed by atoms with van der Waals surface area (Å²) < 4.78 is 10.6. The SMILES string of the molecule is CC.CCCCCC(CC(=O)CCc1ccc(O)c(OC)c1)OC(O)C(O)C(O)C(O)CCO. The van der Waals surface area contributed by atoms with Gasteiger partial charge >= 0.3 is 0 Å². The molecule has 0 aliphatic rings. The van der Waals surface area contributed by atoms with E-state index in [1.54, 1.807) is 12.1 Å². The number of aliphatic hydroxyl groups is 5. The summed E-state index contributed by atoms with van der Waals surface area (Å²) in [4.78, 5) is 12.5. The number of hydrogen-bond acceptors (Lipinski definition) is 9. The molecule has 0 bridgehead atoms. The molecule has 198 valence electrons. The molecular formula is C25H44O9. The van der Waals surface area contributed by atoms with Crippen LogP contribution in [-0.2, 0) is 16.0 Å². The molecule has 1 aromatic rings. The van der Waals surface area contributed by atoms with Crippen molar-refractivity contribution >= 4 is 5.78 Å². The number of carbonyl (C=O) groups is 1. The molecule has 0 heterocycles. The third kappa shape index (κ3) is 12.1. The fraction of sp³-hybridized carbons (Fsp3) is 0.720. The van der Waals surface area contributed by atoms with Gasteiger partial charge in [0.05, 0.1) is 19.3 Å². The normalized spacial score (nSPS) is 15.4. The Bertz CT molecular complexity index is 668. The summed E-state index contributed by atoms with van der Waals surface area (Å²) >= 11 is 0. The van der Waals surface area contributed by atoms with Gasteiger partial charge in [0.25, 0.3) is 0 Å². The predicted octanol–water partition coefficient (Wildman–Crippen LogP) is 2.07. The first-order valence-electron chi connectivity index (χ1n) is 12.1. The van der Waals surface area contributed by atoms with Crippen LogP contribution in [0.5, 0.6) is 11.5 Å². The van der Waals surface area contributed by atoms with Crippen LogP contribution in [0.15, 0.2) is 18.2 Å². The van der Waals surface area contributed by atoms with E-state index in [9.17, 15) is 30.3 Å². The first-order valence-corrected chi connectivity index (χ1v) is 12.1. The lowest BCUT2D eigenvalue weighted by Gasteiger charge is -2.29. The molecule has 1 aromatic carbocycles. The lowest BCUT2D eigenvalue weighted by molar-refractivity contribution is -0.222. The summed E-state index contributed by atoms with van der Waals surface area (Å²) in [6, 6.07) is 4.88. The molecule has 0 radical (unpaired) electrons. The van der Waals surface area contributed by atoms with Gasteiger partial charge in [0.15, 0.2) is 17.8 Å². The van der Waals surface area contributed by atoms with Crippen molar-refractivity contribution < 1.29 is 44.9 Å². The number of aliphatic hydroxyl groups excluding tert-OH is 5. The second-order valence-corrected chi connectivity index (χ2v) is 7.95. The number of phenolic OH excluding ortho intramolecular Hbond substituents is 1. The summed E-state index contributed by atoms with van der Waals surface area (Å²) in [6.07, 6.45) is -3.70. The van der Waals surface area contributed by atoms with E-state index in [1.165, 1.54) is 13.2 Å². The minimum atomic E-state index is -1.79. The van der Waals surface area contributed by atoms with E-state index in [-0.39, 0.29) is 37.4 Å². The summed E-state index contributed by atoms with van der Waals surface area (Å²) in [5, 5.41) is 58.4. The third-order valence-corrected chi connectivity index (χ3v) is 5.31. The van der Waals surface area contributed by atoms with Crippen molar-refractivity contribution in [1.82, 2.24) is 0 Å². The number of ether oxygens (including phenoxy) is 2. The second-order valence-electron chi connectivity index (χ2n) is 7.95. The Morgan fingerprint density at radius 3 is 2.29 bits per heavy atom. The van der Waals surface area contributed by atoms with Gasteiger partial charge in [0, 0.05) is 19.4 Å². The molecule has 5 unspecified atom stereocenters. The minimum Gasteiger partial charge on any atom is -0.504 e. The molecule has 0 saturated heterocycles. The van der Waals surface area contributed by atoms with Crippen molar-refractivity contribution in [2.75, 3.05) is 13.7 Å². The van der Waals surface area contributed by atoms with Gasteiger partial charge in [-0.1, -0.05) is 46.1 Å². The van der Waals surface area contributed by atoms with Crippen LogP contribution in [0.25, 0.3) is 0 Å². The lowest BCUT2D eigenvalue weighted by Crippen LogP contribution is -2.47. The van der Waals surface area contributed by atoms with E-state index in [0.29, 0.717) is 18.6 Å². The highest BCUT2D eigenvalue weighted by Gasteiger charge is 2.32. The molecular weight excluding hydrogens is 444 g/mol. The first kappa shape index (κ1) is 32.2. The van der Waals surface area contributed by atoms with Crippen LogP contribution in [0, 0.1) is 0 Å². The minimum absolute atomic E-state index is 0.0193. The third-order valence-electron chi connectivity index (χ3n) is 5.31. The highest BCUT2D eigenvalue weighted by atomic mass is 16.6. The standard InChI is InChI=1S/C23H38O9.C2H6/c1-3-4-5-6-17(32-23(30)22(29)21(28)19(27)11-12-24)14-16(25)9-7-15-8-10-18(26)20(13-15)31-2;1-2/h8,10,13,17,19,21-24,26-30H,3-7,9,11-12,14H2,1-2H3;1-2H3. The fourth-order valence-corrected chi connectivity index (χ4v) is 3.33. The van der Waals surface area contributed by atoms with Crippen molar-refractivity contribution in [3.63, 3.8) is 0 Å². The number of benzene rings is 1. The molecule has 0 aromatic heterocycles. The molecule has 9 heteroatoms. The monoisotopic (exact) mass is 488 g/mol. The van der Waals surface area contributed by atoms with Crippen molar-refractivity contribution in [2.24, 2.45) is 0 Å². The van der Waals surface area contributed by atoms with Crippen molar-refractivity contribution in [3.05, 3.63) is 23.8 Å². The number of methoxy groups -OCH3 is 1.